The molecule has 1 amide bonds. The van der Waals surface area contributed by atoms with Gasteiger partial charge in [0.2, 0.25) is 5.91 Å². The van der Waals surface area contributed by atoms with Crippen molar-refractivity contribution in [2.75, 3.05) is 20.1 Å². The van der Waals surface area contributed by atoms with Crippen molar-refractivity contribution in [2.24, 2.45) is 5.92 Å². The van der Waals surface area contributed by atoms with Crippen molar-refractivity contribution >= 4 is 17.5 Å². The van der Waals surface area contributed by atoms with E-state index >= 15 is 0 Å². The van der Waals surface area contributed by atoms with Gasteiger partial charge in [0.25, 0.3) is 0 Å². The minimum absolute atomic E-state index is 0.0221. The zero-order valence-corrected chi connectivity index (χ0v) is 14.6. The second-order valence-electron chi connectivity index (χ2n) is 6.25. The highest BCUT2D eigenvalue weighted by molar-refractivity contribution is 6.29. The molecule has 2 unspecified atom stereocenters. The minimum atomic E-state index is -0.255. The fraction of sp³-hybridized carbons (Fsp3) is 0.333. The van der Waals surface area contributed by atoms with E-state index in [2.05, 4.69) is 15.8 Å². The zero-order valence-electron chi connectivity index (χ0n) is 13.9. The van der Waals surface area contributed by atoms with Crippen LogP contribution in [-0.4, -0.2) is 35.9 Å². The van der Waals surface area contributed by atoms with Gasteiger partial charge < -0.3 is 4.90 Å². The first kappa shape index (κ1) is 17.8. The summed E-state index contributed by atoms with van der Waals surface area (Å²) in [5.74, 6) is -0.0354. The molecule has 5 nitrogen and oxygen atoms in total. The Balaban J connectivity index is 1.60. The van der Waals surface area contributed by atoms with E-state index in [0.717, 1.165) is 17.7 Å². The monoisotopic (exact) mass is 362 g/mol. The van der Waals surface area contributed by atoms with Crippen molar-refractivity contribution in [1.29, 1.82) is 0 Å². The highest BCUT2D eigenvalue weighted by Gasteiger charge is 2.30. The zero-order chi connectivity index (χ0) is 17.8. The number of amides is 1. The van der Waals surface area contributed by atoms with Gasteiger partial charge in [-0.3, -0.25) is 10.2 Å². The van der Waals surface area contributed by atoms with Crippen LogP contribution in [0.5, 0.6) is 0 Å². The predicted molar refractivity (Wildman–Crippen MR) is 94.4 cm³/mol. The van der Waals surface area contributed by atoms with Crippen LogP contribution in [0.4, 0.5) is 4.39 Å². The van der Waals surface area contributed by atoms with Crippen molar-refractivity contribution in [2.45, 2.75) is 12.5 Å². The van der Waals surface area contributed by atoms with Crippen LogP contribution in [-0.2, 0) is 11.2 Å². The molecule has 7 heteroatoms. The van der Waals surface area contributed by atoms with E-state index in [4.69, 9.17) is 11.6 Å². The molecule has 1 aromatic carbocycles. The third kappa shape index (κ3) is 4.54. The number of carbonyl (C=O) groups excluding carboxylic acids is 1. The van der Waals surface area contributed by atoms with Gasteiger partial charge in [-0.25, -0.2) is 14.8 Å². The van der Waals surface area contributed by atoms with E-state index in [1.807, 2.05) is 0 Å². The maximum atomic E-state index is 13.1. The van der Waals surface area contributed by atoms with Crippen molar-refractivity contribution in [3.05, 3.63) is 64.7 Å². The number of pyridine rings is 1. The molecule has 2 N–H and O–H groups in total. The van der Waals surface area contributed by atoms with Crippen molar-refractivity contribution in [3.63, 3.8) is 0 Å². The van der Waals surface area contributed by atoms with Gasteiger partial charge in [-0.2, -0.15) is 0 Å². The standard InChI is InChI=1S/C18H20ClFN4O/c1-24(17(25)8-12-2-7-16(19)21-9-12)11-14-10-22-23-18(14)13-3-5-15(20)6-4-13/h2-7,9,14,18,22-23H,8,10-11H2,1H3. The Kier molecular flexibility index (Phi) is 5.63. The first-order chi connectivity index (χ1) is 12.0. The molecular formula is C18H20ClFN4O. The number of halogens is 2. The van der Waals surface area contributed by atoms with E-state index in [1.165, 1.54) is 12.1 Å². The Labute approximate surface area is 151 Å². The first-order valence-corrected chi connectivity index (χ1v) is 8.49. The lowest BCUT2D eigenvalue weighted by atomic mass is 9.94. The molecule has 0 aliphatic carbocycles. The lowest BCUT2D eigenvalue weighted by Gasteiger charge is -2.25. The maximum Gasteiger partial charge on any atom is 0.226 e. The molecule has 3 rings (SSSR count). The molecule has 0 bridgehead atoms. The van der Waals surface area contributed by atoms with Crippen LogP contribution in [0.3, 0.4) is 0 Å². The molecule has 132 valence electrons. The van der Waals surface area contributed by atoms with E-state index < -0.39 is 0 Å². The van der Waals surface area contributed by atoms with Crippen LogP contribution in [0, 0.1) is 11.7 Å². The Morgan fingerprint density at radius 1 is 1.32 bits per heavy atom. The lowest BCUT2D eigenvalue weighted by Crippen LogP contribution is -2.35. The molecule has 1 aliphatic rings. The number of carbonyl (C=O) groups is 1. The van der Waals surface area contributed by atoms with Crippen molar-refractivity contribution < 1.29 is 9.18 Å². The summed E-state index contributed by atoms with van der Waals surface area (Å²) in [4.78, 5) is 18.2. The summed E-state index contributed by atoms with van der Waals surface area (Å²) in [6.45, 7) is 1.34. The Bertz CT molecular complexity index is 723. The average molecular weight is 363 g/mol. The third-order valence-electron chi connectivity index (χ3n) is 4.40. The summed E-state index contributed by atoms with van der Waals surface area (Å²) >= 11 is 5.76. The molecule has 1 aliphatic heterocycles. The van der Waals surface area contributed by atoms with Gasteiger partial charge in [-0.05, 0) is 29.3 Å². The van der Waals surface area contributed by atoms with Crippen LogP contribution in [0.1, 0.15) is 17.2 Å². The number of benzene rings is 1. The second-order valence-corrected chi connectivity index (χ2v) is 6.64. The third-order valence-corrected chi connectivity index (χ3v) is 4.62. The maximum absolute atomic E-state index is 13.1. The normalized spacial score (nSPS) is 19.8. The summed E-state index contributed by atoms with van der Waals surface area (Å²) in [6, 6.07) is 9.97. The first-order valence-electron chi connectivity index (χ1n) is 8.11. The molecular weight excluding hydrogens is 343 g/mol. The van der Waals surface area contributed by atoms with Gasteiger partial charge in [0, 0.05) is 32.3 Å². The van der Waals surface area contributed by atoms with Gasteiger partial charge in [0.1, 0.15) is 11.0 Å². The Morgan fingerprint density at radius 3 is 2.76 bits per heavy atom. The van der Waals surface area contributed by atoms with E-state index in [-0.39, 0.29) is 30.1 Å². The number of nitrogens with one attached hydrogen (secondary N) is 2. The van der Waals surface area contributed by atoms with Crippen LogP contribution in [0.25, 0.3) is 0 Å². The van der Waals surface area contributed by atoms with Crippen LogP contribution in [0.2, 0.25) is 5.15 Å². The molecule has 0 radical (unpaired) electrons. The van der Waals surface area contributed by atoms with Crippen molar-refractivity contribution in [1.82, 2.24) is 20.7 Å². The number of hydrogen-bond acceptors (Lipinski definition) is 4. The number of aromatic nitrogens is 1. The molecule has 25 heavy (non-hydrogen) atoms. The average Bonchev–Trinajstić information content (AvgIpc) is 3.05. The van der Waals surface area contributed by atoms with Crippen LogP contribution < -0.4 is 10.9 Å². The second kappa shape index (κ2) is 7.91. The van der Waals surface area contributed by atoms with Gasteiger partial charge in [-0.1, -0.05) is 29.8 Å². The smallest absolute Gasteiger partial charge is 0.226 e. The number of nitrogens with zero attached hydrogens (tertiary/aromatic N) is 2. The molecule has 0 saturated carbocycles. The largest absolute Gasteiger partial charge is 0.345 e. The summed E-state index contributed by atoms with van der Waals surface area (Å²) < 4.78 is 13.1. The molecule has 2 heterocycles. The van der Waals surface area contributed by atoms with Crippen molar-refractivity contribution in [3.8, 4) is 0 Å². The molecule has 1 aromatic heterocycles. The quantitative estimate of drug-likeness (QED) is 0.802. The number of rotatable bonds is 5. The summed E-state index contributed by atoms with van der Waals surface area (Å²) in [5, 5.41) is 0.412. The Morgan fingerprint density at radius 2 is 2.08 bits per heavy atom. The molecule has 0 spiro atoms. The van der Waals surface area contributed by atoms with E-state index in [1.54, 1.807) is 42.4 Å². The molecule has 2 atom stereocenters. The topological polar surface area (TPSA) is 57.3 Å². The number of hydrogen-bond donors (Lipinski definition) is 2. The lowest BCUT2D eigenvalue weighted by molar-refractivity contribution is -0.129. The van der Waals surface area contributed by atoms with Gasteiger partial charge in [0.05, 0.1) is 12.5 Å². The van der Waals surface area contributed by atoms with Gasteiger partial charge in [-0.15, -0.1) is 0 Å². The predicted octanol–water partition coefficient (Wildman–Crippen LogP) is 2.34. The van der Waals surface area contributed by atoms with Crippen LogP contribution >= 0.6 is 11.6 Å². The summed E-state index contributed by atoms with van der Waals surface area (Å²) in [7, 11) is 1.80. The summed E-state index contributed by atoms with van der Waals surface area (Å²) in [5.41, 5.74) is 8.17. The SMILES string of the molecule is CN(CC1CNNC1c1ccc(F)cc1)C(=O)Cc1ccc(Cl)nc1. The highest BCUT2D eigenvalue weighted by atomic mass is 35.5. The fourth-order valence-corrected chi connectivity index (χ4v) is 3.12. The summed E-state index contributed by atoms with van der Waals surface area (Å²) in [6.07, 6.45) is 1.91. The van der Waals surface area contributed by atoms with E-state index in [0.29, 0.717) is 11.7 Å². The molecule has 2 aromatic rings. The molecule has 1 fully saturated rings. The highest BCUT2D eigenvalue weighted by Crippen LogP contribution is 2.25. The molecule has 1 saturated heterocycles. The van der Waals surface area contributed by atoms with Gasteiger partial charge in [0.15, 0.2) is 0 Å². The number of likely N-dealkylation sites (N-methyl/N-ethyl adjacent to an activating group) is 1. The Hall–Kier alpha value is -2.02. The minimum Gasteiger partial charge on any atom is -0.345 e. The van der Waals surface area contributed by atoms with Crippen LogP contribution in [0.15, 0.2) is 42.6 Å². The number of hydrazine groups is 1. The fourth-order valence-electron chi connectivity index (χ4n) is 3.01. The van der Waals surface area contributed by atoms with Gasteiger partial charge >= 0.3 is 0 Å². The van der Waals surface area contributed by atoms with E-state index in [9.17, 15) is 9.18 Å².